The molecule has 126 valence electrons. The second kappa shape index (κ2) is 7.16. The van der Waals surface area contributed by atoms with E-state index in [2.05, 4.69) is 20.5 Å². The lowest BCUT2D eigenvalue weighted by Crippen LogP contribution is -2.41. The molecule has 3 rings (SSSR count). The lowest BCUT2D eigenvalue weighted by atomic mass is 10.2. The highest BCUT2D eigenvalue weighted by atomic mass is 16.3. The summed E-state index contributed by atoms with van der Waals surface area (Å²) >= 11 is 0. The largest absolute Gasteiger partial charge is 0.472 e. The number of furan rings is 1. The Morgan fingerprint density at radius 1 is 1.25 bits per heavy atom. The quantitative estimate of drug-likeness (QED) is 0.877. The minimum Gasteiger partial charge on any atom is -0.472 e. The molecule has 2 amide bonds. The van der Waals surface area contributed by atoms with Crippen molar-refractivity contribution >= 4 is 23.3 Å². The van der Waals surface area contributed by atoms with Gasteiger partial charge in [0.15, 0.2) is 0 Å². The summed E-state index contributed by atoms with van der Waals surface area (Å²) in [6, 6.07) is 4.59. The third-order valence-electron chi connectivity index (χ3n) is 3.97. The lowest BCUT2D eigenvalue weighted by Gasteiger charge is -2.17. The van der Waals surface area contributed by atoms with Crippen LogP contribution in [0.15, 0.2) is 41.3 Å². The maximum absolute atomic E-state index is 12.2. The van der Waals surface area contributed by atoms with Gasteiger partial charge in [0.2, 0.25) is 5.91 Å². The van der Waals surface area contributed by atoms with Crippen molar-refractivity contribution < 1.29 is 14.0 Å². The van der Waals surface area contributed by atoms with E-state index in [1.54, 1.807) is 19.2 Å². The maximum Gasteiger partial charge on any atom is 0.255 e. The fourth-order valence-corrected chi connectivity index (χ4v) is 2.58. The van der Waals surface area contributed by atoms with E-state index in [0.717, 1.165) is 18.9 Å². The maximum atomic E-state index is 12.2. The zero-order valence-electron chi connectivity index (χ0n) is 13.5. The van der Waals surface area contributed by atoms with Gasteiger partial charge in [0.1, 0.15) is 18.1 Å². The molecule has 1 unspecified atom stereocenters. The predicted molar refractivity (Wildman–Crippen MR) is 89.9 cm³/mol. The average Bonchev–Trinajstić information content (AvgIpc) is 3.29. The minimum atomic E-state index is -0.675. The molecular weight excluding hydrogens is 308 g/mol. The molecule has 0 aliphatic carbocycles. The number of carbonyl (C=O) groups is 2. The van der Waals surface area contributed by atoms with Crippen LogP contribution in [0.1, 0.15) is 30.1 Å². The van der Waals surface area contributed by atoms with Crippen molar-refractivity contribution in [1.82, 2.24) is 10.3 Å². The summed E-state index contributed by atoms with van der Waals surface area (Å²) in [5, 5.41) is 5.37. The van der Waals surface area contributed by atoms with Gasteiger partial charge in [-0.1, -0.05) is 0 Å². The predicted octanol–water partition coefficient (Wildman–Crippen LogP) is 2.03. The van der Waals surface area contributed by atoms with Gasteiger partial charge in [-0.25, -0.2) is 4.98 Å². The van der Waals surface area contributed by atoms with E-state index in [4.69, 9.17) is 4.42 Å². The van der Waals surface area contributed by atoms with Crippen molar-refractivity contribution in [2.75, 3.05) is 23.3 Å². The number of amides is 2. The number of aromatic nitrogens is 1. The molecule has 0 radical (unpaired) electrons. The van der Waals surface area contributed by atoms with Gasteiger partial charge >= 0.3 is 0 Å². The number of hydrogen-bond donors (Lipinski definition) is 2. The third-order valence-corrected chi connectivity index (χ3v) is 3.97. The molecular formula is C17H20N4O3. The summed E-state index contributed by atoms with van der Waals surface area (Å²) in [5.41, 5.74) is 0.985. The molecule has 0 saturated carbocycles. The molecule has 0 spiro atoms. The van der Waals surface area contributed by atoms with Crippen LogP contribution in [0.5, 0.6) is 0 Å². The summed E-state index contributed by atoms with van der Waals surface area (Å²) < 4.78 is 4.85. The third kappa shape index (κ3) is 3.73. The molecule has 2 aromatic heterocycles. The Labute approximate surface area is 140 Å². The molecule has 24 heavy (non-hydrogen) atoms. The molecule has 0 aromatic carbocycles. The van der Waals surface area contributed by atoms with Crippen molar-refractivity contribution in [3.63, 3.8) is 0 Å². The molecule has 7 heteroatoms. The van der Waals surface area contributed by atoms with E-state index in [9.17, 15) is 9.59 Å². The molecule has 1 saturated heterocycles. The minimum absolute atomic E-state index is 0.303. The summed E-state index contributed by atoms with van der Waals surface area (Å²) in [4.78, 5) is 30.7. The summed E-state index contributed by atoms with van der Waals surface area (Å²) in [6.07, 6.45) is 6.76. The Hall–Kier alpha value is -2.83. The topological polar surface area (TPSA) is 87.5 Å². The molecule has 2 N–H and O–H groups in total. The van der Waals surface area contributed by atoms with Gasteiger partial charge in [0.05, 0.1) is 23.7 Å². The van der Waals surface area contributed by atoms with Crippen molar-refractivity contribution in [1.29, 1.82) is 0 Å². The van der Waals surface area contributed by atoms with E-state index in [1.165, 1.54) is 25.4 Å². The highest BCUT2D eigenvalue weighted by Crippen LogP contribution is 2.19. The van der Waals surface area contributed by atoms with E-state index in [-0.39, 0.29) is 11.8 Å². The van der Waals surface area contributed by atoms with Crippen LogP contribution in [0.3, 0.4) is 0 Å². The Morgan fingerprint density at radius 3 is 2.67 bits per heavy atom. The summed E-state index contributed by atoms with van der Waals surface area (Å²) in [5.74, 6) is 0.267. The fourth-order valence-electron chi connectivity index (χ4n) is 2.58. The number of nitrogens with zero attached hydrogens (tertiary/aromatic N) is 2. The van der Waals surface area contributed by atoms with Crippen LogP contribution in [-0.2, 0) is 4.79 Å². The first-order valence-corrected chi connectivity index (χ1v) is 7.98. The number of carbonyl (C=O) groups excluding carboxylic acids is 2. The summed E-state index contributed by atoms with van der Waals surface area (Å²) in [7, 11) is 0. The smallest absolute Gasteiger partial charge is 0.255 e. The van der Waals surface area contributed by atoms with Gasteiger partial charge in [-0.3, -0.25) is 9.59 Å². The molecule has 7 nitrogen and oxygen atoms in total. The number of pyridine rings is 1. The van der Waals surface area contributed by atoms with Crippen molar-refractivity contribution in [3.8, 4) is 0 Å². The molecule has 1 atom stereocenters. The Kier molecular flexibility index (Phi) is 4.79. The van der Waals surface area contributed by atoms with E-state index in [0.29, 0.717) is 11.3 Å². The molecule has 0 bridgehead atoms. The van der Waals surface area contributed by atoms with Crippen molar-refractivity contribution in [2.45, 2.75) is 25.8 Å². The number of hydrogen-bond acceptors (Lipinski definition) is 5. The van der Waals surface area contributed by atoms with Crippen LogP contribution in [0.2, 0.25) is 0 Å². The number of rotatable bonds is 5. The van der Waals surface area contributed by atoms with Crippen LogP contribution in [0.25, 0.3) is 0 Å². The van der Waals surface area contributed by atoms with Crippen molar-refractivity contribution in [3.05, 3.63) is 42.5 Å². The zero-order chi connectivity index (χ0) is 16.9. The van der Waals surface area contributed by atoms with Gasteiger partial charge in [-0.05, 0) is 38.0 Å². The van der Waals surface area contributed by atoms with Crippen LogP contribution < -0.4 is 15.5 Å². The highest BCUT2D eigenvalue weighted by Gasteiger charge is 2.18. The van der Waals surface area contributed by atoms with Gasteiger partial charge in [-0.2, -0.15) is 0 Å². The first-order chi connectivity index (χ1) is 11.6. The first kappa shape index (κ1) is 16.0. The molecule has 2 aromatic rings. The zero-order valence-corrected chi connectivity index (χ0v) is 13.5. The molecule has 1 aliphatic heterocycles. The Bertz CT molecular complexity index is 691. The van der Waals surface area contributed by atoms with Gasteiger partial charge in [0.25, 0.3) is 5.91 Å². The SMILES string of the molecule is CC(NC(=O)c1ccoc1)C(=O)Nc1ccc(N2CCCC2)nc1. The summed E-state index contributed by atoms with van der Waals surface area (Å²) in [6.45, 7) is 3.67. The normalized spacial score (nSPS) is 15.1. The number of anilines is 2. The second-order valence-corrected chi connectivity index (χ2v) is 5.80. The van der Waals surface area contributed by atoms with Crippen LogP contribution >= 0.6 is 0 Å². The highest BCUT2D eigenvalue weighted by molar-refractivity contribution is 6.00. The standard InChI is InChI=1S/C17H20N4O3/c1-12(19-17(23)13-6-9-24-11-13)16(22)20-14-4-5-15(18-10-14)21-7-2-3-8-21/h4-6,9-12H,2-3,7-8H2,1H3,(H,19,23)(H,20,22). The molecule has 3 heterocycles. The lowest BCUT2D eigenvalue weighted by molar-refractivity contribution is -0.117. The monoisotopic (exact) mass is 328 g/mol. The fraction of sp³-hybridized carbons (Fsp3) is 0.353. The van der Waals surface area contributed by atoms with Gasteiger partial charge in [0, 0.05) is 13.1 Å². The van der Waals surface area contributed by atoms with Crippen molar-refractivity contribution in [2.24, 2.45) is 0 Å². The molecule has 1 fully saturated rings. The van der Waals surface area contributed by atoms with E-state index < -0.39 is 6.04 Å². The second-order valence-electron chi connectivity index (χ2n) is 5.80. The first-order valence-electron chi connectivity index (χ1n) is 7.98. The van der Waals surface area contributed by atoms with Gasteiger partial charge in [-0.15, -0.1) is 0 Å². The Morgan fingerprint density at radius 2 is 2.04 bits per heavy atom. The van der Waals surface area contributed by atoms with E-state index in [1.807, 2.05) is 12.1 Å². The number of nitrogens with one attached hydrogen (secondary N) is 2. The van der Waals surface area contributed by atoms with E-state index >= 15 is 0 Å². The van der Waals surface area contributed by atoms with Gasteiger partial charge < -0.3 is 20.0 Å². The Balaban J connectivity index is 1.54. The molecule has 1 aliphatic rings. The average molecular weight is 328 g/mol. The van der Waals surface area contributed by atoms with Crippen LogP contribution in [0, 0.1) is 0 Å². The van der Waals surface area contributed by atoms with Crippen LogP contribution in [-0.4, -0.2) is 35.9 Å². The van der Waals surface area contributed by atoms with Crippen LogP contribution in [0.4, 0.5) is 11.5 Å².